The topological polar surface area (TPSA) is 91.2 Å². The van der Waals surface area contributed by atoms with Gasteiger partial charge in [0.25, 0.3) is 5.76 Å². The van der Waals surface area contributed by atoms with E-state index in [9.17, 15) is 13.6 Å². The molecule has 0 amide bonds. The summed E-state index contributed by atoms with van der Waals surface area (Å²) in [7, 11) is 0. The second kappa shape index (κ2) is 8.96. The van der Waals surface area contributed by atoms with Crippen LogP contribution in [0.4, 0.5) is 8.78 Å². The maximum Gasteiger partial charge on any atom is 0.306 e. The number of aromatic nitrogens is 3. The fourth-order valence-corrected chi connectivity index (χ4v) is 3.11. The van der Waals surface area contributed by atoms with Gasteiger partial charge in [-0.15, -0.1) is 0 Å². The summed E-state index contributed by atoms with van der Waals surface area (Å²) in [5, 5.41) is 3.85. The SMILES string of the molecule is Cc1nc(SC(F)F)nc(C)c1CCC(=O)OCc1cc(-c2ccco2)on1. The van der Waals surface area contributed by atoms with Crippen molar-refractivity contribution < 1.29 is 27.3 Å². The predicted molar refractivity (Wildman–Crippen MR) is 95.7 cm³/mol. The van der Waals surface area contributed by atoms with Gasteiger partial charge in [-0.3, -0.25) is 4.79 Å². The van der Waals surface area contributed by atoms with Crippen LogP contribution >= 0.6 is 11.8 Å². The van der Waals surface area contributed by atoms with Crippen molar-refractivity contribution in [2.24, 2.45) is 0 Å². The van der Waals surface area contributed by atoms with Gasteiger partial charge in [0.1, 0.15) is 12.3 Å². The van der Waals surface area contributed by atoms with E-state index in [1.165, 1.54) is 6.26 Å². The van der Waals surface area contributed by atoms with Crippen molar-refractivity contribution in [2.75, 3.05) is 0 Å². The number of rotatable bonds is 8. The normalized spacial score (nSPS) is 11.2. The number of thioether (sulfide) groups is 1. The quantitative estimate of drug-likeness (QED) is 0.308. The minimum atomic E-state index is -2.58. The zero-order chi connectivity index (χ0) is 20.1. The Hall–Kier alpha value is -2.75. The highest BCUT2D eigenvalue weighted by molar-refractivity contribution is 7.99. The van der Waals surface area contributed by atoms with E-state index < -0.39 is 11.7 Å². The monoisotopic (exact) mass is 409 g/mol. The Balaban J connectivity index is 1.52. The van der Waals surface area contributed by atoms with Crippen LogP contribution in [0.2, 0.25) is 0 Å². The molecule has 7 nitrogen and oxygen atoms in total. The number of hydrogen-bond acceptors (Lipinski definition) is 8. The molecule has 0 bridgehead atoms. The smallest absolute Gasteiger partial charge is 0.306 e. The minimum Gasteiger partial charge on any atom is -0.461 e. The highest BCUT2D eigenvalue weighted by Gasteiger charge is 2.15. The molecule has 0 saturated heterocycles. The van der Waals surface area contributed by atoms with Crippen LogP contribution in [0.15, 0.2) is 38.6 Å². The summed E-state index contributed by atoms with van der Waals surface area (Å²) >= 11 is 0.297. The molecule has 0 aliphatic carbocycles. The van der Waals surface area contributed by atoms with E-state index in [0.717, 1.165) is 5.56 Å². The lowest BCUT2D eigenvalue weighted by atomic mass is 10.1. The number of alkyl halides is 2. The van der Waals surface area contributed by atoms with E-state index >= 15 is 0 Å². The van der Waals surface area contributed by atoms with Crippen molar-refractivity contribution in [3.8, 4) is 11.5 Å². The van der Waals surface area contributed by atoms with Gasteiger partial charge in [0, 0.05) is 23.9 Å². The summed E-state index contributed by atoms with van der Waals surface area (Å²) in [4.78, 5) is 20.1. The van der Waals surface area contributed by atoms with Crippen molar-refractivity contribution in [2.45, 2.75) is 44.2 Å². The van der Waals surface area contributed by atoms with Crippen LogP contribution in [-0.4, -0.2) is 26.9 Å². The fraction of sp³-hybridized carbons (Fsp3) is 0.333. The van der Waals surface area contributed by atoms with Gasteiger partial charge < -0.3 is 13.7 Å². The highest BCUT2D eigenvalue weighted by Crippen LogP contribution is 2.24. The van der Waals surface area contributed by atoms with Crippen molar-refractivity contribution >= 4 is 17.7 Å². The predicted octanol–water partition coefficient (Wildman–Crippen LogP) is 4.33. The number of nitrogens with zero attached hydrogens (tertiary/aromatic N) is 3. The van der Waals surface area contributed by atoms with Gasteiger partial charge in [0.2, 0.25) is 5.76 Å². The third-order valence-corrected chi connectivity index (χ3v) is 4.45. The first-order valence-electron chi connectivity index (χ1n) is 8.36. The largest absolute Gasteiger partial charge is 0.461 e. The lowest BCUT2D eigenvalue weighted by Crippen LogP contribution is -2.09. The van der Waals surface area contributed by atoms with E-state index in [1.807, 2.05) is 0 Å². The third-order valence-electron chi connectivity index (χ3n) is 3.88. The van der Waals surface area contributed by atoms with Crippen LogP contribution in [-0.2, 0) is 22.6 Å². The molecule has 10 heteroatoms. The Labute approximate surface area is 163 Å². The van der Waals surface area contributed by atoms with Crippen LogP contribution in [0.25, 0.3) is 11.5 Å². The van der Waals surface area contributed by atoms with Crippen LogP contribution in [0.3, 0.4) is 0 Å². The maximum absolute atomic E-state index is 12.4. The number of furan rings is 1. The molecule has 0 spiro atoms. The lowest BCUT2D eigenvalue weighted by molar-refractivity contribution is -0.145. The number of aryl methyl sites for hydroxylation is 2. The molecular formula is C18H17F2N3O4S. The fourth-order valence-electron chi connectivity index (χ4n) is 2.57. The van der Waals surface area contributed by atoms with Crippen molar-refractivity contribution in [1.29, 1.82) is 0 Å². The second-order valence-electron chi connectivity index (χ2n) is 5.85. The first kappa shape index (κ1) is 20.0. The lowest BCUT2D eigenvalue weighted by Gasteiger charge is -2.10. The summed E-state index contributed by atoms with van der Waals surface area (Å²) in [6, 6.07) is 5.09. The molecule has 0 radical (unpaired) electrons. The summed E-state index contributed by atoms with van der Waals surface area (Å²) in [6.07, 6.45) is 1.98. The standard InChI is InChI=1S/C18H17F2N3O4S/c1-10-13(11(2)22-18(21-10)28-17(19)20)5-6-16(24)26-9-12-8-15(27-23-12)14-4-3-7-25-14/h3-4,7-8,17H,5-6,9H2,1-2H3. The Morgan fingerprint density at radius 1 is 1.25 bits per heavy atom. The third kappa shape index (κ3) is 5.16. The summed E-state index contributed by atoms with van der Waals surface area (Å²) < 4.78 is 40.4. The molecule has 148 valence electrons. The molecule has 3 aromatic heterocycles. The van der Waals surface area contributed by atoms with E-state index in [4.69, 9.17) is 13.7 Å². The molecule has 0 aliphatic heterocycles. The molecule has 28 heavy (non-hydrogen) atoms. The summed E-state index contributed by atoms with van der Waals surface area (Å²) in [5.41, 5.74) is 2.35. The van der Waals surface area contributed by atoms with Gasteiger partial charge in [-0.1, -0.05) is 5.16 Å². The average Bonchev–Trinajstić information content (AvgIpc) is 3.30. The molecule has 0 atom stereocenters. The first-order valence-corrected chi connectivity index (χ1v) is 9.24. The zero-order valence-electron chi connectivity index (χ0n) is 15.1. The van der Waals surface area contributed by atoms with Gasteiger partial charge in [-0.25, -0.2) is 9.97 Å². The maximum atomic E-state index is 12.4. The second-order valence-corrected chi connectivity index (χ2v) is 6.81. The first-order chi connectivity index (χ1) is 13.4. The molecule has 0 aliphatic rings. The van der Waals surface area contributed by atoms with Gasteiger partial charge in [0.05, 0.1) is 6.26 Å². The van der Waals surface area contributed by atoms with Crippen LogP contribution in [0.1, 0.15) is 29.1 Å². The molecule has 0 aromatic carbocycles. The van der Waals surface area contributed by atoms with Crippen molar-refractivity contribution in [3.05, 3.63) is 47.1 Å². The zero-order valence-corrected chi connectivity index (χ0v) is 16.0. The minimum absolute atomic E-state index is 0.0229. The van der Waals surface area contributed by atoms with Crippen molar-refractivity contribution in [3.63, 3.8) is 0 Å². The Kier molecular flexibility index (Phi) is 6.40. The number of esters is 1. The van der Waals surface area contributed by atoms with E-state index in [0.29, 0.717) is 46.8 Å². The van der Waals surface area contributed by atoms with Gasteiger partial charge in [-0.05, 0) is 49.7 Å². The highest BCUT2D eigenvalue weighted by atomic mass is 32.2. The Morgan fingerprint density at radius 3 is 2.64 bits per heavy atom. The molecule has 0 N–H and O–H groups in total. The van der Waals surface area contributed by atoms with Crippen LogP contribution in [0.5, 0.6) is 0 Å². The summed E-state index contributed by atoms with van der Waals surface area (Å²) in [5.74, 6) is -2.03. The Bertz CT molecular complexity index is 921. The molecule has 3 heterocycles. The van der Waals surface area contributed by atoms with Gasteiger partial charge in [0.15, 0.2) is 10.9 Å². The molecular weight excluding hydrogens is 392 g/mol. The Morgan fingerprint density at radius 2 is 2.00 bits per heavy atom. The molecule has 0 unspecified atom stereocenters. The average molecular weight is 409 g/mol. The molecule has 3 rings (SSSR count). The summed E-state index contributed by atoms with van der Waals surface area (Å²) in [6.45, 7) is 3.38. The van der Waals surface area contributed by atoms with Gasteiger partial charge >= 0.3 is 5.97 Å². The van der Waals surface area contributed by atoms with E-state index in [1.54, 1.807) is 32.0 Å². The van der Waals surface area contributed by atoms with Crippen LogP contribution < -0.4 is 0 Å². The van der Waals surface area contributed by atoms with Crippen molar-refractivity contribution in [1.82, 2.24) is 15.1 Å². The van der Waals surface area contributed by atoms with Gasteiger partial charge in [-0.2, -0.15) is 8.78 Å². The molecule has 3 aromatic rings. The van der Waals surface area contributed by atoms with E-state index in [2.05, 4.69) is 15.1 Å². The number of hydrogen-bond donors (Lipinski definition) is 0. The number of carbonyl (C=O) groups excluding carboxylic acids is 1. The number of ether oxygens (including phenoxy) is 1. The molecule has 0 saturated carbocycles. The number of carbonyl (C=O) groups is 1. The van der Waals surface area contributed by atoms with E-state index in [-0.39, 0.29) is 18.2 Å². The number of halogens is 2. The molecule has 0 fully saturated rings. The van der Waals surface area contributed by atoms with Crippen LogP contribution in [0, 0.1) is 13.8 Å².